The monoisotopic (exact) mass is 605 g/mol. The van der Waals surface area contributed by atoms with Crippen LogP contribution in [0.3, 0.4) is 0 Å². The lowest BCUT2D eigenvalue weighted by atomic mass is 10.1. The van der Waals surface area contributed by atoms with Crippen LogP contribution >= 0.6 is 23.2 Å². The molecule has 0 radical (unpaired) electrons. The molecule has 2 atom stereocenters. The average Bonchev–Trinajstić information content (AvgIpc) is 2.95. The minimum atomic E-state index is -4.18. The van der Waals surface area contributed by atoms with Gasteiger partial charge in [-0.2, -0.15) is 0 Å². The van der Waals surface area contributed by atoms with Gasteiger partial charge in [0, 0.05) is 28.7 Å². The van der Waals surface area contributed by atoms with E-state index in [0.29, 0.717) is 27.8 Å². The Labute approximate surface area is 245 Å². The van der Waals surface area contributed by atoms with E-state index < -0.39 is 28.5 Å². The van der Waals surface area contributed by atoms with Crippen LogP contribution in [0.5, 0.6) is 5.75 Å². The summed E-state index contributed by atoms with van der Waals surface area (Å²) in [4.78, 5) is 28.5. The third-order valence-corrected chi connectivity index (χ3v) is 8.85. The van der Waals surface area contributed by atoms with E-state index in [1.807, 2.05) is 13.8 Å². The number of carbonyl (C=O) groups is 2. The SMILES string of the molecule is CC[C@@H](C)NC(=O)[C@@H](C)N(Cc1ccc(Cl)cc1Cl)C(=O)CN(c1cccc(OC)c1)S(=O)(=O)c1ccccc1. The molecule has 0 aromatic heterocycles. The van der Waals surface area contributed by atoms with Gasteiger partial charge in [-0.05, 0) is 62.2 Å². The fourth-order valence-corrected chi connectivity index (χ4v) is 5.79. The number of hydrogen-bond acceptors (Lipinski definition) is 5. The van der Waals surface area contributed by atoms with Crippen molar-refractivity contribution in [2.75, 3.05) is 18.0 Å². The summed E-state index contributed by atoms with van der Waals surface area (Å²) in [7, 11) is -2.71. The molecule has 0 unspecified atom stereocenters. The molecule has 0 heterocycles. The van der Waals surface area contributed by atoms with Crippen molar-refractivity contribution in [3.8, 4) is 5.75 Å². The number of methoxy groups -OCH3 is 1. The lowest BCUT2D eigenvalue weighted by Crippen LogP contribution is -2.52. The molecule has 0 aliphatic rings. The van der Waals surface area contributed by atoms with Crippen LogP contribution < -0.4 is 14.4 Å². The normalized spacial score (nSPS) is 12.8. The number of carbonyl (C=O) groups excluding carboxylic acids is 2. The van der Waals surface area contributed by atoms with Gasteiger partial charge >= 0.3 is 0 Å². The second kappa shape index (κ2) is 13.9. The lowest BCUT2D eigenvalue weighted by molar-refractivity contribution is -0.139. The number of nitrogens with zero attached hydrogens (tertiary/aromatic N) is 2. The number of nitrogens with one attached hydrogen (secondary N) is 1. The summed E-state index contributed by atoms with van der Waals surface area (Å²) in [6.45, 7) is 4.79. The number of rotatable bonds is 12. The zero-order valence-electron chi connectivity index (χ0n) is 22.8. The van der Waals surface area contributed by atoms with Gasteiger partial charge in [0.1, 0.15) is 18.3 Å². The van der Waals surface area contributed by atoms with Gasteiger partial charge in [0.05, 0.1) is 17.7 Å². The molecule has 0 saturated carbocycles. The highest BCUT2D eigenvalue weighted by atomic mass is 35.5. The van der Waals surface area contributed by atoms with Crippen molar-refractivity contribution < 1.29 is 22.7 Å². The molecule has 0 aliphatic heterocycles. The number of sulfonamides is 1. The predicted octanol–water partition coefficient (Wildman–Crippen LogP) is 5.53. The van der Waals surface area contributed by atoms with Crippen molar-refractivity contribution in [3.63, 3.8) is 0 Å². The van der Waals surface area contributed by atoms with Gasteiger partial charge in [-0.3, -0.25) is 13.9 Å². The second-order valence-electron chi connectivity index (χ2n) is 9.28. The number of benzene rings is 3. The van der Waals surface area contributed by atoms with Gasteiger partial charge in [-0.1, -0.05) is 60.5 Å². The maximum Gasteiger partial charge on any atom is 0.264 e. The van der Waals surface area contributed by atoms with Crippen LogP contribution in [-0.4, -0.2) is 50.9 Å². The average molecular weight is 607 g/mol. The van der Waals surface area contributed by atoms with Crippen LogP contribution in [0.4, 0.5) is 5.69 Å². The number of ether oxygens (including phenoxy) is 1. The molecule has 0 aliphatic carbocycles. The first kappa shape index (κ1) is 31.3. The van der Waals surface area contributed by atoms with Gasteiger partial charge < -0.3 is 15.0 Å². The number of amides is 2. The van der Waals surface area contributed by atoms with Crippen LogP contribution in [0.15, 0.2) is 77.7 Å². The summed E-state index contributed by atoms with van der Waals surface area (Å²) in [5.74, 6) is -0.545. The van der Waals surface area contributed by atoms with E-state index >= 15 is 0 Å². The van der Waals surface area contributed by atoms with Crippen LogP contribution in [0.2, 0.25) is 10.0 Å². The Morgan fingerprint density at radius 1 is 0.975 bits per heavy atom. The van der Waals surface area contributed by atoms with E-state index in [2.05, 4.69) is 5.32 Å². The number of hydrogen-bond donors (Lipinski definition) is 1. The lowest BCUT2D eigenvalue weighted by Gasteiger charge is -2.32. The largest absolute Gasteiger partial charge is 0.497 e. The summed E-state index contributed by atoms with van der Waals surface area (Å²) >= 11 is 12.5. The summed E-state index contributed by atoms with van der Waals surface area (Å²) in [6, 6.07) is 18.1. The molecule has 11 heteroatoms. The molecule has 1 N–H and O–H groups in total. The van der Waals surface area contributed by atoms with Crippen molar-refractivity contribution in [2.24, 2.45) is 0 Å². The molecule has 3 aromatic rings. The van der Waals surface area contributed by atoms with Gasteiger partial charge in [-0.25, -0.2) is 8.42 Å². The third-order valence-electron chi connectivity index (χ3n) is 6.48. The van der Waals surface area contributed by atoms with Crippen molar-refractivity contribution in [1.82, 2.24) is 10.2 Å². The molecular formula is C29H33Cl2N3O5S. The summed E-state index contributed by atoms with van der Waals surface area (Å²) in [5.41, 5.74) is 0.791. The molecule has 214 valence electrons. The smallest absolute Gasteiger partial charge is 0.264 e. The van der Waals surface area contributed by atoms with E-state index in [1.54, 1.807) is 61.5 Å². The van der Waals surface area contributed by atoms with Crippen molar-refractivity contribution in [3.05, 3.63) is 88.4 Å². The second-order valence-corrected chi connectivity index (χ2v) is 12.0. The molecule has 0 bridgehead atoms. The fourth-order valence-electron chi connectivity index (χ4n) is 3.90. The van der Waals surface area contributed by atoms with E-state index in [1.165, 1.54) is 30.2 Å². The highest BCUT2D eigenvalue weighted by molar-refractivity contribution is 7.92. The maximum absolute atomic E-state index is 14.0. The third kappa shape index (κ3) is 7.68. The minimum absolute atomic E-state index is 0.0143. The molecule has 0 saturated heterocycles. The fraction of sp³-hybridized carbons (Fsp3) is 0.310. The predicted molar refractivity (Wildman–Crippen MR) is 158 cm³/mol. The summed E-state index contributed by atoms with van der Waals surface area (Å²) in [5, 5.41) is 3.64. The van der Waals surface area contributed by atoms with Crippen LogP contribution in [0, 0.1) is 0 Å². The van der Waals surface area contributed by atoms with Crippen LogP contribution in [0.1, 0.15) is 32.8 Å². The van der Waals surface area contributed by atoms with Gasteiger partial charge in [0.25, 0.3) is 10.0 Å². The summed E-state index contributed by atoms with van der Waals surface area (Å²) < 4.78 is 34.0. The molecule has 40 heavy (non-hydrogen) atoms. The van der Waals surface area contributed by atoms with E-state index in [4.69, 9.17) is 27.9 Å². The summed E-state index contributed by atoms with van der Waals surface area (Å²) in [6.07, 6.45) is 0.703. The van der Waals surface area contributed by atoms with Crippen molar-refractivity contribution in [1.29, 1.82) is 0 Å². The first-order valence-electron chi connectivity index (χ1n) is 12.7. The van der Waals surface area contributed by atoms with E-state index in [-0.39, 0.29) is 29.1 Å². The molecular weight excluding hydrogens is 573 g/mol. The van der Waals surface area contributed by atoms with Crippen LogP contribution in [0.25, 0.3) is 0 Å². The molecule has 2 amide bonds. The number of anilines is 1. The van der Waals surface area contributed by atoms with Gasteiger partial charge in [0.15, 0.2) is 0 Å². The zero-order valence-corrected chi connectivity index (χ0v) is 25.1. The Bertz CT molecular complexity index is 1440. The molecule has 0 fully saturated rings. The molecule has 0 spiro atoms. The standard InChI is InChI=1S/C29H33Cl2N3O5S/c1-5-20(2)32-29(36)21(3)33(18-22-14-15-23(30)16-27(22)31)28(35)19-34(24-10-9-11-25(17-24)39-4)40(37,38)26-12-7-6-8-13-26/h6-17,20-21H,5,18-19H2,1-4H3,(H,32,36)/t20-,21-/m1/s1. The van der Waals surface area contributed by atoms with E-state index in [0.717, 1.165) is 4.31 Å². The Morgan fingerprint density at radius 3 is 2.30 bits per heavy atom. The quantitative estimate of drug-likeness (QED) is 0.293. The Kier molecular flexibility index (Phi) is 10.8. The maximum atomic E-state index is 14.0. The zero-order chi connectivity index (χ0) is 29.4. The van der Waals surface area contributed by atoms with Gasteiger partial charge in [-0.15, -0.1) is 0 Å². The highest BCUT2D eigenvalue weighted by Crippen LogP contribution is 2.28. The molecule has 3 aromatic carbocycles. The molecule has 8 nitrogen and oxygen atoms in total. The van der Waals surface area contributed by atoms with Crippen molar-refractivity contribution in [2.45, 2.75) is 50.7 Å². The van der Waals surface area contributed by atoms with Crippen molar-refractivity contribution >= 4 is 50.7 Å². The highest BCUT2D eigenvalue weighted by Gasteiger charge is 2.33. The Balaban J connectivity index is 2.05. The Hall–Kier alpha value is -3.27. The minimum Gasteiger partial charge on any atom is -0.497 e. The topological polar surface area (TPSA) is 96.0 Å². The molecule has 3 rings (SSSR count). The van der Waals surface area contributed by atoms with Gasteiger partial charge in [0.2, 0.25) is 11.8 Å². The van der Waals surface area contributed by atoms with Crippen LogP contribution in [-0.2, 0) is 26.2 Å². The number of halogens is 2. The first-order valence-corrected chi connectivity index (χ1v) is 14.9. The first-order chi connectivity index (χ1) is 19.0. The Morgan fingerprint density at radius 2 is 1.68 bits per heavy atom. The van der Waals surface area contributed by atoms with E-state index in [9.17, 15) is 18.0 Å².